The van der Waals surface area contributed by atoms with Crippen molar-refractivity contribution in [1.82, 2.24) is 0 Å². The standard InChI is InChI=1S/C22H20N2O5/c1-2-3-10-24-17-12-15(8-9-19(17)28-13-20(24)25)23-21(26)16-11-14-6-4-5-7-18(14)29-22(16)27/h4-9,11-12H,2-3,10,13H2,1H3,(H,23,26). The van der Waals surface area contributed by atoms with E-state index in [9.17, 15) is 14.4 Å². The summed E-state index contributed by atoms with van der Waals surface area (Å²) in [5, 5.41) is 3.37. The van der Waals surface area contributed by atoms with Gasteiger partial charge in [-0.15, -0.1) is 0 Å². The minimum Gasteiger partial charge on any atom is -0.482 e. The fourth-order valence-electron chi connectivity index (χ4n) is 3.26. The van der Waals surface area contributed by atoms with Crippen molar-refractivity contribution in [2.45, 2.75) is 19.8 Å². The molecule has 0 spiro atoms. The van der Waals surface area contributed by atoms with Crippen LogP contribution in [0.15, 0.2) is 57.7 Å². The molecule has 1 N–H and O–H groups in total. The summed E-state index contributed by atoms with van der Waals surface area (Å²) in [6, 6.07) is 13.6. The van der Waals surface area contributed by atoms with Crippen LogP contribution in [-0.2, 0) is 4.79 Å². The van der Waals surface area contributed by atoms with Crippen LogP contribution in [0.3, 0.4) is 0 Å². The van der Waals surface area contributed by atoms with E-state index in [-0.39, 0.29) is 18.1 Å². The number of anilines is 2. The van der Waals surface area contributed by atoms with Crippen LogP contribution in [0.1, 0.15) is 30.1 Å². The number of carbonyl (C=O) groups excluding carboxylic acids is 2. The van der Waals surface area contributed by atoms with Crippen LogP contribution in [0.2, 0.25) is 0 Å². The molecule has 2 heterocycles. The third-order valence-electron chi connectivity index (χ3n) is 4.78. The lowest BCUT2D eigenvalue weighted by molar-refractivity contribution is -0.121. The van der Waals surface area contributed by atoms with E-state index in [2.05, 4.69) is 12.2 Å². The van der Waals surface area contributed by atoms with E-state index < -0.39 is 11.5 Å². The van der Waals surface area contributed by atoms with Crippen molar-refractivity contribution < 1.29 is 18.7 Å². The molecule has 148 valence electrons. The summed E-state index contributed by atoms with van der Waals surface area (Å²) < 4.78 is 10.7. The number of amides is 2. The van der Waals surface area contributed by atoms with E-state index >= 15 is 0 Å². The van der Waals surface area contributed by atoms with Crippen LogP contribution in [0.25, 0.3) is 11.0 Å². The lowest BCUT2D eigenvalue weighted by atomic mass is 10.1. The van der Waals surface area contributed by atoms with Crippen molar-refractivity contribution in [3.8, 4) is 5.75 Å². The molecule has 1 aliphatic rings. The van der Waals surface area contributed by atoms with Gasteiger partial charge in [0.1, 0.15) is 16.9 Å². The topological polar surface area (TPSA) is 88.8 Å². The molecular weight excluding hydrogens is 372 g/mol. The molecular formula is C22H20N2O5. The van der Waals surface area contributed by atoms with Crippen molar-refractivity contribution in [3.05, 3.63) is 64.5 Å². The summed E-state index contributed by atoms with van der Waals surface area (Å²) in [4.78, 5) is 38.8. The van der Waals surface area contributed by atoms with Gasteiger partial charge in [0.15, 0.2) is 6.61 Å². The average molecular weight is 392 g/mol. The van der Waals surface area contributed by atoms with Gasteiger partial charge in [-0.05, 0) is 36.8 Å². The Morgan fingerprint density at radius 3 is 2.79 bits per heavy atom. The molecule has 2 amide bonds. The maximum atomic E-state index is 12.7. The Balaban J connectivity index is 1.62. The van der Waals surface area contributed by atoms with Crippen molar-refractivity contribution in [1.29, 1.82) is 0 Å². The predicted molar refractivity (Wildman–Crippen MR) is 110 cm³/mol. The molecule has 1 aliphatic heterocycles. The molecule has 0 unspecified atom stereocenters. The van der Waals surface area contributed by atoms with Gasteiger partial charge in [0.2, 0.25) is 0 Å². The van der Waals surface area contributed by atoms with Gasteiger partial charge in [0.25, 0.3) is 11.8 Å². The third-order valence-corrected chi connectivity index (χ3v) is 4.78. The lowest BCUT2D eigenvalue weighted by Crippen LogP contribution is -2.39. The molecule has 0 radical (unpaired) electrons. The zero-order chi connectivity index (χ0) is 20.4. The fourth-order valence-corrected chi connectivity index (χ4v) is 3.26. The van der Waals surface area contributed by atoms with Gasteiger partial charge in [0.05, 0.1) is 5.69 Å². The molecule has 2 aromatic carbocycles. The van der Waals surface area contributed by atoms with Crippen molar-refractivity contribution >= 4 is 34.2 Å². The SMILES string of the molecule is CCCCN1C(=O)COc2ccc(NC(=O)c3cc4ccccc4oc3=O)cc21. The number of hydrogen-bond acceptors (Lipinski definition) is 5. The number of nitrogens with one attached hydrogen (secondary N) is 1. The number of ether oxygens (including phenoxy) is 1. The van der Waals surface area contributed by atoms with Crippen molar-refractivity contribution in [2.75, 3.05) is 23.4 Å². The lowest BCUT2D eigenvalue weighted by Gasteiger charge is -2.29. The molecule has 7 nitrogen and oxygen atoms in total. The third kappa shape index (κ3) is 3.71. The summed E-state index contributed by atoms with van der Waals surface area (Å²) in [7, 11) is 0. The van der Waals surface area contributed by atoms with Gasteiger partial charge in [-0.3, -0.25) is 9.59 Å². The first-order valence-corrected chi connectivity index (χ1v) is 9.48. The van der Waals surface area contributed by atoms with Crippen molar-refractivity contribution in [3.63, 3.8) is 0 Å². The second-order valence-corrected chi connectivity index (χ2v) is 6.81. The van der Waals surface area contributed by atoms with E-state index in [4.69, 9.17) is 9.15 Å². The molecule has 0 atom stereocenters. The molecule has 4 rings (SSSR count). The number of para-hydroxylation sites is 1. The average Bonchev–Trinajstić information content (AvgIpc) is 2.72. The second-order valence-electron chi connectivity index (χ2n) is 6.81. The van der Waals surface area contributed by atoms with Crippen LogP contribution < -0.4 is 20.6 Å². The molecule has 0 saturated carbocycles. The predicted octanol–water partition coefficient (Wildman–Crippen LogP) is 3.57. The zero-order valence-corrected chi connectivity index (χ0v) is 15.9. The fraction of sp³-hybridized carbons (Fsp3) is 0.227. The molecule has 7 heteroatoms. The number of unbranched alkanes of at least 4 members (excludes halogenated alkanes) is 1. The Hall–Kier alpha value is -3.61. The maximum absolute atomic E-state index is 12.7. The summed E-state index contributed by atoms with van der Waals surface area (Å²) in [6.45, 7) is 2.63. The summed E-state index contributed by atoms with van der Waals surface area (Å²) in [5.41, 5.74) is 0.697. The highest BCUT2D eigenvalue weighted by atomic mass is 16.5. The van der Waals surface area contributed by atoms with E-state index in [0.29, 0.717) is 34.6 Å². The van der Waals surface area contributed by atoms with Gasteiger partial charge < -0.3 is 19.4 Å². The van der Waals surface area contributed by atoms with E-state index in [1.165, 1.54) is 6.07 Å². The Labute approximate surface area is 166 Å². The highest BCUT2D eigenvalue weighted by Gasteiger charge is 2.25. The van der Waals surface area contributed by atoms with Crippen LogP contribution in [-0.4, -0.2) is 25.0 Å². The number of nitrogens with zero attached hydrogens (tertiary/aromatic N) is 1. The molecule has 29 heavy (non-hydrogen) atoms. The highest BCUT2D eigenvalue weighted by Crippen LogP contribution is 2.35. The Bertz CT molecular complexity index is 1150. The van der Waals surface area contributed by atoms with Gasteiger partial charge >= 0.3 is 5.63 Å². The molecule has 0 bridgehead atoms. The Morgan fingerprint density at radius 2 is 1.97 bits per heavy atom. The van der Waals surface area contributed by atoms with Crippen LogP contribution in [0, 0.1) is 0 Å². The normalized spacial score (nSPS) is 13.1. The molecule has 0 aliphatic carbocycles. The minimum absolute atomic E-state index is 0.000551. The van der Waals surface area contributed by atoms with E-state index in [0.717, 1.165) is 12.8 Å². The van der Waals surface area contributed by atoms with Gasteiger partial charge in [-0.25, -0.2) is 4.79 Å². The number of benzene rings is 2. The first kappa shape index (κ1) is 18.7. The molecule has 0 saturated heterocycles. The van der Waals surface area contributed by atoms with Gasteiger partial charge in [-0.2, -0.15) is 0 Å². The smallest absolute Gasteiger partial charge is 0.349 e. The number of hydrogen-bond donors (Lipinski definition) is 1. The molecule has 3 aromatic rings. The summed E-state index contributed by atoms with van der Waals surface area (Å²) in [6.07, 6.45) is 1.81. The van der Waals surface area contributed by atoms with Crippen LogP contribution in [0.4, 0.5) is 11.4 Å². The number of rotatable bonds is 5. The summed E-state index contributed by atoms with van der Waals surface area (Å²) in [5.74, 6) is -0.110. The summed E-state index contributed by atoms with van der Waals surface area (Å²) >= 11 is 0. The second kappa shape index (κ2) is 7.79. The van der Waals surface area contributed by atoms with Crippen LogP contribution in [0.5, 0.6) is 5.75 Å². The first-order chi connectivity index (χ1) is 14.1. The Morgan fingerprint density at radius 1 is 1.14 bits per heavy atom. The largest absolute Gasteiger partial charge is 0.482 e. The monoisotopic (exact) mass is 392 g/mol. The van der Waals surface area contributed by atoms with E-state index in [1.54, 1.807) is 47.4 Å². The van der Waals surface area contributed by atoms with Gasteiger partial charge in [0, 0.05) is 17.6 Å². The molecule has 1 aromatic heterocycles. The van der Waals surface area contributed by atoms with Crippen LogP contribution >= 0.6 is 0 Å². The first-order valence-electron chi connectivity index (χ1n) is 9.48. The molecule has 0 fully saturated rings. The van der Waals surface area contributed by atoms with Gasteiger partial charge in [-0.1, -0.05) is 31.5 Å². The maximum Gasteiger partial charge on any atom is 0.349 e. The Kier molecular flexibility index (Phi) is 5.03. The number of fused-ring (bicyclic) bond motifs is 2. The highest BCUT2D eigenvalue weighted by molar-refractivity contribution is 6.06. The van der Waals surface area contributed by atoms with Crippen molar-refractivity contribution in [2.24, 2.45) is 0 Å². The van der Waals surface area contributed by atoms with E-state index in [1.807, 2.05) is 0 Å². The zero-order valence-electron chi connectivity index (χ0n) is 15.9. The minimum atomic E-state index is -0.706. The quantitative estimate of drug-likeness (QED) is 0.671. The number of carbonyl (C=O) groups is 2.